The number of nitrogens with one attached hydrogen (secondary N) is 5. The first-order chi connectivity index (χ1) is 17.1. The van der Waals surface area contributed by atoms with Gasteiger partial charge in [0.05, 0.1) is 31.3 Å². The molecule has 0 aromatic heterocycles. The zero-order valence-corrected chi connectivity index (χ0v) is 20.4. The number of carbonyl (C=O) groups is 2. The molecule has 3 aliphatic carbocycles. The standard InChI is InChI=1S/C23H37F4N5O4/c1-35-22(34)32-20-29-17-9-7-15(11-19(17)30-20)36-14-5-3-13(4-6-14)28-21(33)31-18-10-12(23(25,26)27)2-8-16(18)24/h12-20,29-30H,2-11H2,1H3,(H,32,34)(H2,28,31,33). The first kappa shape index (κ1) is 27.2. The van der Waals surface area contributed by atoms with Gasteiger partial charge in [0, 0.05) is 18.1 Å². The fourth-order valence-electron chi connectivity index (χ4n) is 5.97. The lowest BCUT2D eigenvalue weighted by molar-refractivity contribution is -0.186. The molecular weight excluding hydrogens is 486 g/mol. The maximum absolute atomic E-state index is 14.1. The van der Waals surface area contributed by atoms with Crippen LogP contribution >= 0.6 is 0 Å². The van der Waals surface area contributed by atoms with Crippen molar-refractivity contribution in [3.05, 3.63) is 0 Å². The molecule has 5 N–H and O–H groups in total. The summed E-state index contributed by atoms with van der Waals surface area (Å²) in [6.45, 7) is 0. The number of amides is 3. The van der Waals surface area contributed by atoms with Gasteiger partial charge < -0.3 is 20.1 Å². The molecule has 9 nitrogen and oxygen atoms in total. The number of fused-ring (bicyclic) bond motifs is 1. The quantitative estimate of drug-likeness (QED) is 0.355. The van der Waals surface area contributed by atoms with Crippen molar-refractivity contribution in [2.45, 2.75) is 119 Å². The molecule has 3 saturated carbocycles. The van der Waals surface area contributed by atoms with E-state index in [1.165, 1.54) is 7.11 Å². The van der Waals surface area contributed by atoms with Gasteiger partial charge in [0.1, 0.15) is 12.5 Å². The van der Waals surface area contributed by atoms with E-state index in [4.69, 9.17) is 4.74 Å². The van der Waals surface area contributed by atoms with E-state index in [-0.39, 0.29) is 49.5 Å². The van der Waals surface area contributed by atoms with Gasteiger partial charge in [-0.3, -0.25) is 16.0 Å². The number of halogens is 4. The van der Waals surface area contributed by atoms with Gasteiger partial charge >= 0.3 is 18.3 Å². The molecule has 3 amide bonds. The van der Waals surface area contributed by atoms with E-state index < -0.39 is 42.9 Å². The monoisotopic (exact) mass is 523 g/mol. The molecule has 7 unspecified atom stereocenters. The second-order valence-corrected chi connectivity index (χ2v) is 10.5. The highest BCUT2D eigenvalue weighted by Gasteiger charge is 2.45. The topological polar surface area (TPSA) is 113 Å². The van der Waals surface area contributed by atoms with E-state index >= 15 is 0 Å². The molecule has 13 heteroatoms. The second kappa shape index (κ2) is 11.7. The molecule has 0 aromatic rings. The predicted octanol–water partition coefficient (Wildman–Crippen LogP) is 2.80. The third-order valence-corrected chi connectivity index (χ3v) is 7.95. The minimum atomic E-state index is -4.37. The Morgan fingerprint density at radius 2 is 1.53 bits per heavy atom. The Bertz CT molecular complexity index is 767. The molecule has 0 aromatic carbocycles. The molecular formula is C23H37F4N5O4. The molecule has 36 heavy (non-hydrogen) atoms. The Balaban J connectivity index is 1.15. The third-order valence-electron chi connectivity index (χ3n) is 7.95. The Kier molecular flexibility index (Phi) is 8.82. The molecule has 4 fully saturated rings. The summed E-state index contributed by atoms with van der Waals surface area (Å²) in [5.41, 5.74) is 0. The van der Waals surface area contributed by atoms with E-state index in [9.17, 15) is 27.2 Å². The SMILES string of the molecule is COC(=O)NC1NC2CCC(OC3CCC(NC(=O)NC4CC(C(F)(F)F)CCC4F)CC3)CC2N1. The van der Waals surface area contributed by atoms with Crippen LogP contribution in [0.5, 0.6) is 0 Å². The Morgan fingerprint density at radius 1 is 0.833 bits per heavy atom. The van der Waals surface area contributed by atoms with Crippen molar-refractivity contribution < 1.29 is 36.6 Å². The molecule has 0 radical (unpaired) electrons. The van der Waals surface area contributed by atoms with Crippen LogP contribution in [0.2, 0.25) is 0 Å². The highest BCUT2D eigenvalue weighted by Crippen LogP contribution is 2.38. The first-order valence-electron chi connectivity index (χ1n) is 12.9. The third kappa shape index (κ3) is 7.12. The van der Waals surface area contributed by atoms with Gasteiger partial charge in [-0.2, -0.15) is 13.2 Å². The fourth-order valence-corrected chi connectivity index (χ4v) is 5.97. The lowest BCUT2D eigenvalue weighted by Gasteiger charge is -2.36. The van der Waals surface area contributed by atoms with Gasteiger partial charge in [-0.05, 0) is 64.2 Å². The number of hydrogen-bond acceptors (Lipinski definition) is 6. The fraction of sp³-hybridized carbons (Fsp3) is 0.913. The average Bonchev–Trinajstić information content (AvgIpc) is 3.22. The minimum Gasteiger partial charge on any atom is -0.453 e. The smallest absolute Gasteiger partial charge is 0.409 e. The van der Waals surface area contributed by atoms with Gasteiger partial charge in [-0.25, -0.2) is 14.0 Å². The van der Waals surface area contributed by atoms with Crippen molar-refractivity contribution >= 4 is 12.1 Å². The maximum atomic E-state index is 14.1. The van der Waals surface area contributed by atoms with Gasteiger partial charge in [-0.15, -0.1) is 0 Å². The highest BCUT2D eigenvalue weighted by atomic mass is 19.4. The first-order valence-corrected chi connectivity index (χ1v) is 12.9. The summed E-state index contributed by atoms with van der Waals surface area (Å²) < 4.78 is 64.1. The lowest BCUT2D eigenvalue weighted by Crippen LogP contribution is -2.53. The van der Waals surface area contributed by atoms with Gasteiger partial charge in [-0.1, -0.05) is 0 Å². The average molecular weight is 524 g/mol. The van der Waals surface area contributed by atoms with E-state index in [1.807, 2.05) is 0 Å². The Labute approximate surface area is 208 Å². The summed E-state index contributed by atoms with van der Waals surface area (Å²) in [5.74, 6) is -1.58. The van der Waals surface area contributed by atoms with E-state index in [1.54, 1.807) is 0 Å². The summed E-state index contributed by atoms with van der Waals surface area (Å²) >= 11 is 0. The Morgan fingerprint density at radius 3 is 2.22 bits per heavy atom. The van der Waals surface area contributed by atoms with Gasteiger partial charge in [0.25, 0.3) is 0 Å². The number of methoxy groups -OCH3 is 1. The molecule has 1 aliphatic heterocycles. The molecule has 4 rings (SSSR count). The summed E-state index contributed by atoms with van der Waals surface area (Å²) in [7, 11) is 1.32. The van der Waals surface area contributed by atoms with Crippen LogP contribution in [-0.4, -0.2) is 74.2 Å². The van der Waals surface area contributed by atoms with Crippen molar-refractivity contribution in [2.24, 2.45) is 5.92 Å². The van der Waals surface area contributed by atoms with Crippen molar-refractivity contribution in [1.29, 1.82) is 0 Å². The summed E-state index contributed by atoms with van der Waals surface area (Å²) in [6.07, 6.45) is -1.81. The molecule has 0 spiro atoms. The van der Waals surface area contributed by atoms with E-state index in [0.717, 1.165) is 32.1 Å². The van der Waals surface area contributed by atoms with Crippen molar-refractivity contribution in [1.82, 2.24) is 26.6 Å². The van der Waals surface area contributed by atoms with Crippen LogP contribution < -0.4 is 26.6 Å². The number of urea groups is 1. The van der Waals surface area contributed by atoms with E-state index in [0.29, 0.717) is 12.8 Å². The molecule has 7 atom stereocenters. The number of ether oxygens (including phenoxy) is 2. The Hall–Kier alpha value is -1.86. The van der Waals surface area contributed by atoms with E-state index in [2.05, 4.69) is 31.3 Å². The highest BCUT2D eigenvalue weighted by molar-refractivity contribution is 5.74. The van der Waals surface area contributed by atoms with Gasteiger partial charge in [0.15, 0.2) is 0 Å². The molecule has 4 aliphatic rings. The molecule has 0 bridgehead atoms. The van der Waals surface area contributed by atoms with Gasteiger partial charge in [0.2, 0.25) is 0 Å². The minimum absolute atomic E-state index is 0.0760. The largest absolute Gasteiger partial charge is 0.453 e. The number of rotatable bonds is 5. The van der Waals surface area contributed by atoms with Crippen molar-refractivity contribution in [3.63, 3.8) is 0 Å². The summed E-state index contributed by atoms with van der Waals surface area (Å²) in [4.78, 5) is 23.8. The van der Waals surface area contributed by atoms with Crippen LogP contribution in [0.4, 0.5) is 27.2 Å². The van der Waals surface area contributed by atoms with Crippen LogP contribution in [0.1, 0.15) is 64.2 Å². The summed E-state index contributed by atoms with van der Waals surface area (Å²) in [6, 6.07) is -1.41. The van der Waals surface area contributed by atoms with Crippen LogP contribution in [0.25, 0.3) is 0 Å². The van der Waals surface area contributed by atoms with Crippen molar-refractivity contribution in [3.8, 4) is 0 Å². The second-order valence-electron chi connectivity index (χ2n) is 10.5. The lowest BCUT2D eigenvalue weighted by atomic mass is 9.84. The molecule has 206 valence electrons. The molecule has 1 saturated heterocycles. The van der Waals surface area contributed by atoms with Crippen molar-refractivity contribution in [2.75, 3.05) is 7.11 Å². The number of carbonyl (C=O) groups excluding carboxylic acids is 2. The summed E-state index contributed by atoms with van der Waals surface area (Å²) in [5, 5.41) is 14.6. The maximum Gasteiger partial charge on any atom is 0.409 e. The normalized spacial score (nSPS) is 39.1. The molecule has 1 heterocycles. The number of alkyl carbamates (subject to hydrolysis) is 1. The number of hydrogen-bond donors (Lipinski definition) is 5. The predicted molar refractivity (Wildman–Crippen MR) is 122 cm³/mol. The van der Waals surface area contributed by atoms with Crippen LogP contribution in [-0.2, 0) is 9.47 Å². The zero-order valence-electron chi connectivity index (χ0n) is 20.4. The van der Waals surface area contributed by atoms with Crippen LogP contribution in [0.3, 0.4) is 0 Å². The zero-order chi connectivity index (χ0) is 25.9. The van der Waals surface area contributed by atoms with Crippen LogP contribution in [0.15, 0.2) is 0 Å². The number of alkyl halides is 4. The van der Waals surface area contributed by atoms with Crippen LogP contribution in [0, 0.1) is 5.92 Å².